The number of halogens is 1. The molecule has 0 atom stereocenters. The van der Waals surface area contributed by atoms with Crippen molar-refractivity contribution >= 4 is 29.0 Å². The predicted molar refractivity (Wildman–Crippen MR) is 113 cm³/mol. The first-order valence-electron chi connectivity index (χ1n) is 9.15. The van der Waals surface area contributed by atoms with Crippen LogP contribution in [0.25, 0.3) is 0 Å². The number of hydrogen-bond donors (Lipinski definition) is 2. The van der Waals surface area contributed by atoms with Crippen molar-refractivity contribution in [2.24, 2.45) is 0 Å². The first kappa shape index (κ1) is 19.8. The number of nitrogens with one attached hydrogen (secondary N) is 2. The van der Waals surface area contributed by atoms with Crippen LogP contribution in [0.1, 0.15) is 46.9 Å². The Balaban J connectivity index is 1.88. The average Bonchev–Trinajstić information content (AvgIpc) is 2.67. The van der Waals surface area contributed by atoms with Crippen molar-refractivity contribution in [2.75, 3.05) is 5.32 Å². The fourth-order valence-electron chi connectivity index (χ4n) is 2.87. The van der Waals surface area contributed by atoms with Gasteiger partial charge in [-0.1, -0.05) is 37.6 Å². The maximum Gasteiger partial charge on any atom is 0.255 e. The van der Waals surface area contributed by atoms with Crippen LogP contribution in [-0.4, -0.2) is 15.9 Å². The molecule has 3 aromatic rings. The molecule has 0 aliphatic rings. The molecule has 0 radical (unpaired) electrons. The van der Waals surface area contributed by atoms with Crippen molar-refractivity contribution in [3.05, 3.63) is 82.3 Å². The molecular formula is C22H23ClN4O. The molecule has 0 saturated carbocycles. The summed E-state index contributed by atoms with van der Waals surface area (Å²) in [7, 11) is 0. The van der Waals surface area contributed by atoms with Gasteiger partial charge < -0.3 is 10.6 Å². The van der Waals surface area contributed by atoms with E-state index >= 15 is 0 Å². The maximum absolute atomic E-state index is 13.1. The lowest BCUT2D eigenvalue weighted by Gasteiger charge is -2.17. The fourth-order valence-corrected chi connectivity index (χ4v) is 3.06. The Morgan fingerprint density at radius 1 is 1.14 bits per heavy atom. The molecule has 2 heterocycles. The molecule has 2 aromatic heterocycles. The minimum Gasteiger partial charge on any atom is -0.348 e. The maximum atomic E-state index is 13.1. The monoisotopic (exact) mass is 394 g/mol. The van der Waals surface area contributed by atoms with E-state index < -0.39 is 0 Å². The highest BCUT2D eigenvalue weighted by Crippen LogP contribution is 2.27. The number of benzene rings is 1. The summed E-state index contributed by atoms with van der Waals surface area (Å²) >= 11 is 6.08. The normalized spacial score (nSPS) is 10.8. The van der Waals surface area contributed by atoms with E-state index in [0.29, 0.717) is 22.9 Å². The Morgan fingerprint density at radius 2 is 1.96 bits per heavy atom. The van der Waals surface area contributed by atoms with Gasteiger partial charge in [-0.15, -0.1) is 0 Å². The van der Waals surface area contributed by atoms with Crippen molar-refractivity contribution in [3.8, 4) is 0 Å². The molecule has 0 saturated heterocycles. The first-order valence-corrected chi connectivity index (χ1v) is 9.53. The summed E-state index contributed by atoms with van der Waals surface area (Å²) in [5.41, 5.74) is 4.13. The molecule has 144 valence electrons. The van der Waals surface area contributed by atoms with E-state index in [1.165, 1.54) is 0 Å². The molecular weight excluding hydrogens is 372 g/mol. The number of anilines is 2. The van der Waals surface area contributed by atoms with Crippen molar-refractivity contribution < 1.29 is 4.79 Å². The minimum absolute atomic E-state index is 0.171. The molecule has 5 nitrogen and oxygen atoms in total. The molecule has 1 aromatic carbocycles. The third kappa shape index (κ3) is 4.87. The Morgan fingerprint density at radius 3 is 2.64 bits per heavy atom. The zero-order valence-corrected chi connectivity index (χ0v) is 16.9. The lowest BCUT2D eigenvalue weighted by atomic mass is 9.97. The molecule has 28 heavy (non-hydrogen) atoms. The summed E-state index contributed by atoms with van der Waals surface area (Å²) < 4.78 is 0. The van der Waals surface area contributed by atoms with Gasteiger partial charge in [-0.05, 0) is 54.3 Å². The Kier molecular flexibility index (Phi) is 6.26. The van der Waals surface area contributed by atoms with Gasteiger partial charge in [0.05, 0.1) is 5.56 Å². The van der Waals surface area contributed by atoms with Gasteiger partial charge in [-0.3, -0.25) is 9.78 Å². The second kappa shape index (κ2) is 8.85. The molecule has 0 spiro atoms. The summed E-state index contributed by atoms with van der Waals surface area (Å²) in [6.45, 7) is 6.44. The highest BCUT2D eigenvalue weighted by Gasteiger charge is 2.19. The number of rotatable bonds is 6. The number of amides is 1. The van der Waals surface area contributed by atoms with Gasteiger partial charge in [0.15, 0.2) is 0 Å². The van der Waals surface area contributed by atoms with Crippen LogP contribution in [0.2, 0.25) is 5.02 Å². The SMILES string of the molecule is Cc1ccc(CNC(=O)c2c(C(C)C)ccnc2Nc2cccc(Cl)c2)cn1. The Bertz CT molecular complexity index is 971. The van der Waals surface area contributed by atoms with Crippen LogP contribution in [0.4, 0.5) is 11.5 Å². The van der Waals surface area contributed by atoms with Gasteiger partial charge in [0.1, 0.15) is 5.82 Å². The molecule has 3 rings (SSSR count). The van der Waals surface area contributed by atoms with Crippen LogP contribution < -0.4 is 10.6 Å². The smallest absolute Gasteiger partial charge is 0.255 e. The van der Waals surface area contributed by atoms with Crippen LogP contribution >= 0.6 is 11.6 Å². The van der Waals surface area contributed by atoms with Gasteiger partial charge >= 0.3 is 0 Å². The Labute approximate surface area is 170 Å². The van der Waals surface area contributed by atoms with E-state index in [4.69, 9.17) is 11.6 Å². The van der Waals surface area contributed by atoms with Gasteiger partial charge in [-0.2, -0.15) is 0 Å². The molecule has 1 amide bonds. The molecule has 0 aliphatic carbocycles. The van der Waals surface area contributed by atoms with Crippen molar-refractivity contribution in [3.63, 3.8) is 0 Å². The number of pyridine rings is 2. The quantitative estimate of drug-likeness (QED) is 0.600. The van der Waals surface area contributed by atoms with Gasteiger partial charge in [0.2, 0.25) is 0 Å². The number of aromatic nitrogens is 2. The standard InChI is InChI=1S/C22H23ClN4O/c1-14(2)19-9-10-24-21(27-18-6-4-5-17(23)11-18)20(19)22(28)26-13-16-8-7-15(3)25-12-16/h4-12,14H,13H2,1-3H3,(H,24,27)(H,26,28). The largest absolute Gasteiger partial charge is 0.348 e. The van der Waals surface area contributed by atoms with E-state index in [-0.39, 0.29) is 11.8 Å². The lowest BCUT2D eigenvalue weighted by Crippen LogP contribution is -2.25. The summed E-state index contributed by atoms with van der Waals surface area (Å²) in [4.78, 5) is 21.7. The second-order valence-corrected chi connectivity index (χ2v) is 7.34. The number of carbonyl (C=O) groups excluding carboxylic acids is 1. The van der Waals surface area contributed by atoms with Gasteiger partial charge in [0.25, 0.3) is 5.91 Å². The third-order valence-electron chi connectivity index (χ3n) is 4.35. The summed E-state index contributed by atoms with van der Waals surface area (Å²) in [6.07, 6.45) is 3.48. The number of carbonyl (C=O) groups is 1. The minimum atomic E-state index is -0.179. The van der Waals surface area contributed by atoms with Crippen LogP contribution in [0.15, 0.2) is 54.9 Å². The first-order chi connectivity index (χ1) is 13.4. The summed E-state index contributed by atoms with van der Waals surface area (Å²) in [5.74, 6) is 0.500. The predicted octanol–water partition coefficient (Wildman–Crippen LogP) is 5.24. The molecule has 0 fully saturated rings. The summed E-state index contributed by atoms with van der Waals surface area (Å²) in [5, 5.41) is 6.82. The fraction of sp³-hybridized carbons (Fsp3) is 0.227. The van der Waals surface area contributed by atoms with Crippen molar-refractivity contribution in [1.29, 1.82) is 0 Å². The van der Waals surface area contributed by atoms with E-state index in [1.807, 2.05) is 37.3 Å². The molecule has 2 N–H and O–H groups in total. The van der Waals surface area contributed by atoms with E-state index in [9.17, 15) is 4.79 Å². The van der Waals surface area contributed by atoms with E-state index in [0.717, 1.165) is 22.5 Å². The molecule has 6 heteroatoms. The zero-order valence-electron chi connectivity index (χ0n) is 16.2. The van der Waals surface area contributed by atoms with Gasteiger partial charge in [0, 0.05) is 35.3 Å². The van der Waals surface area contributed by atoms with Crippen LogP contribution in [0, 0.1) is 6.92 Å². The lowest BCUT2D eigenvalue weighted by molar-refractivity contribution is 0.0950. The molecule has 0 aliphatic heterocycles. The number of nitrogens with zero attached hydrogens (tertiary/aromatic N) is 2. The van der Waals surface area contributed by atoms with E-state index in [1.54, 1.807) is 24.5 Å². The molecule has 0 unspecified atom stereocenters. The van der Waals surface area contributed by atoms with Crippen molar-refractivity contribution in [2.45, 2.75) is 33.2 Å². The molecule has 0 bridgehead atoms. The topological polar surface area (TPSA) is 66.9 Å². The Hall–Kier alpha value is -2.92. The zero-order chi connectivity index (χ0) is 20.1. The highest BCUT2D eigenvalue weighted by atomic mass is 35.5. The van der Waals surface area contributed by atoms with E-state index in [2.05, 4.69) is 34.4 Å². The number of aryl methyl sites for hydroxylation is 1. The third-order valence-corrected chi connectivity index (χ3v) is 4.58. The number of hydrogen-bond acceptors (Lipinski definition) is 4. The highest BCUT2D eigenvalue weighted by molar-refractivity contribution is 6.30. The van der Waals surface area contributed by atoms with Crippen molar-refractivity contribution in [1.82, 2.24) is 15.3 Å². The van der Waals surface area contributed by atoms with Crippen LogP contribution in [0.3, 0.4) is 0 Å². The summed E-state index contributed by atoms with van der Waals surface area (Å²) in [6, 6.07) is 13.1. The van der Waals surface area contributed by atoms with Gasteiger partial charge in [-0.25, -0.2) is 4.98 Å². The second-order valence-electron chi connectivity index (χ2n) is 6.90. The van der Waals surface area contributed by atoms with Crippen LogP contribution in [-0.2, 0) is 6.54 Å². The average molecular weight is 395 g/mol. The van der Waals surface area contributed by atoms with Crippen LogP contribution in [0.5, 0.6) is 0 Å².